The fourth-order valence-corrected chi connectivity index (χ4v) is 6.64. The van der Waals surface area contributed by atoms with Crippen LogP contribution in [-0.4, -0.2) is 39.4 Å². The van der Waals surface area contributed by atoms with E-state index >= 15 is 0 Å². The smallest absolute Gasteiger partial charge is 0.303 e. The number of carboxylic acids is 1. The van der Waals surface area contributed by atoms with Crippen LogP contribution in [0.4, 0.5) is 0 Å². The van der Waals surface area contributed by atoms with Gasteiger partial charge in [0.05, 0.1) is 20.3 Å². The number of ether oxygens (including phenoxy) is 2. The van der Waals surface area contributed by atoms with Gasteiger partial charge < -0.3 is 19.0 Å². The molecule has 3 rings (SSSR count). The van der Waals surface area contributed by atoms with Crippen molar-refractivity contribution in [2.24, 2.45) is 11.8 Å². The summed E-state index contributed by atoms with van der Waals surface area (Å²) in [4.78, 5) is 24.2. The molecule has 0 saturated heterocycles. The van der Waals surface area contributed by atoms with Crippen molar-refractivity contribution in [1.29, 1.82) is 0 Å². The van der Waals surface area contributed by atoms with Gasteiger partial charge in [0.15, 0.2) is 14.1 Å². The maximum atomic E-state index is 12.4. The van der Waals surface area contributed by atoms with Crippen LogP contribution in [0.2, 0.25) is 18.1 Å². The first-order valence-electron chi connectivity index (χ1n) is 13.5. The Balaban J connectivity index is 2.10. The number of carbonyl (C=O) groups is 2. The van der Waals surface area contributed by atoms with Gasteiger partial charge in [0, 0.05) is 6.42 Å². The zero-order chi connectivity index (χ0) is 28.3. The first-order valence-corrected chi connectivity index (χ1v) is 16.4. The molecule has 0 saturated carbocycles. The molecule has 0 bridgehead atoms. The van der Waals surface area contributed by atoms with Crippen LogP contribution in [0.15, 0.2) is 36.4 Å². The molecule has 7 heteroatoms. The standard InChI is InChI=1S/C31H44O6Si/c1-20(32)29-26(35-5)18-25(19-27(29)36-6)30(37-38(7,8)31(2,3)4)24(13-14-28(33)34)17-21-15-22-11-9-10-12-23(22)16-21/h9-12,18-19,21,24,30H,13-17H2,1-8H3,(H,33,34)/t24-,30-/m0/s1. The summed E-state index contributed by atoms with van der Waals surface area (Å²) in [6, 6.07) is 12.3. The highest BCUT2D eigenvalue weighted by Crippen LogP contribution is 2.47. The van der Waals surface area contributed by atoms with E-state index in [9.17, 15) is 14.7 Å². The summed E-state index contributed by atoms with van der Waals surface area (Å²) < 4.78 is 18.4. The van der Waals surface area contributed by atoms with Gasteiger partial charge in [-0.25, -0.2) is 0 Å². The fraction of sp³-hybridized carbons (Fsp3) is 0.548. The first kappa shape index (κ1) is 29.9. The average molecular weight is 541 g/mol. The summed E-state index contributed by atoms with van der Waals surface area (Å²) in [6.07, 6.45) is 3.04. The predicted octanol–water partition coefficient (Wildman–Crippen LogP) is 7.26. The summed E-state index contributed by atoms with van der Waals surface area (Å²) in [5.74, 6) is 0.326. The fourth-order valence-electron chi connectivity index (χ4n) is 5.32. The van der Waals surface area contributed by atoms with Gasteiger partial charge in [-0.05, 0) is 91.4 Å². The molecule has 0 unspecified atom stereocenters. The highest BCUT2D eigenvalue weighted by molar-refractivity contribution is 6.74. The van der Waals surface area contributed by atoms with Crippen LogP contribution in [0.25, 0.3) is 0 Å². The highest BCUT2D eigenvalue weighted by Gasteiger charge is 2.42. The Bertz CT molecular complexity index is 1100. The second kappa shape index (κ2) is 12.0. The molecule has 1 aliphatic carbocycles. The lowest BCUT2D eigenvalue weighted by Crippen LogP contribution is -2.43. The number of carbonyl (C=O) groups excluding carboxylic acids is 1. The molecule has 38 heavy (non-hydrogen) atoms. The van der Waals surface area contributed by atoms with Crippen molar-refractivity contribution in [1.82, 2.24) is 0 Å². The van der Waals surface area contributed by atoms with Gasteiger partial charge >= 0.3 is 5.97 Å². The number of benzene rings is 2. The van der Waals surface area contributed by atoms with Gasteiger partial charge in [-0.2, -0.15) is 0 Å². The number of aliphatic carboxylic acids is 1. The molecule has 0 heterocycles. The van der Waals surface area contributed by atoms with Crippen molar-refractivity contribution < 1.29 is 28.6 Å². The lowest BCUT2D eigenvalue weighted by molar-refractivity contribution is -0.137. The molecule has 1 N–H and O–H groups in total. The maximum Gasteiger partial charge on any atom is 0.303 e. The van der Waals surface area contributed by atoms with Crippen molar-refractivity contribution >= 4 is 20.1 Å². The number of hydrogen-bond donors (Lipinski definition) is 1. The topological polar surface area (TPSA) is 82.1 Å². The molecule has 2 aromatic rings. The number of Topliss-reactive ketones (excluding diaryl/α,β-unsaturated/α-hetero) is 1. The minimum atomic E-state index is -2.28. The van der Waals surface area contributed by atoms with Crippen molar-refractivity contribution in [3.63, 3.8) is 0 Å². The van der Waals surface area contributed by atoms with E-state index in [0.29, 0.717) is 29.4 Å². The van der Waals surface area contributed by atoms with E-state index in [0.717, 1.165) is 24.8 Å². The van der Waals surface area contributed by atoms with Crippen LogP contribution in [-0.2, 0) is 22.1 Å². The molecule has 0 aromatic heterocycles. The highest BCUT2D eigenvalue weighted by atomic mass is 28.4. The predicted molar refractivity (Wildman–Crippen MR) is 153 cm³/mol. The summed E-state index contributed by atoms with van der Waals surface area (Å²) in [7, 11) is 0.820. The maximum absolute atomic E-state index is 12.4. The lowest BCUT2D eigenvalue weighted by atomic mass is 9.82. The Morgan fingerprint density at radius 1 is 1.03 bits per heavy atom. The van der Waals surface area contributed by atoms with Gasteiger partial charge in [-0.3, -0.25) is 9.59 Å². The first-order chi connectivity index (χ1) is 17.8. The third kappa shape index (κ3) is 6.86. The van der Waals surface area contributed by atoms with Crippen LogP contribution in [0.5, 0.6) is 11.5 Å². The number of ketones is 1. The molecule has 0 spiro atoms. The van der Waals surface area contributed by atoms with Crippen LogP contribution < -0.4 is 9.47 Å². The van der Waals surface area contributed by atoms with Crippen molar-refractivity contribution in [3.05, 3.63) is 58.7 Å². The van der Waals surface area contributed by atoms with Gasteiger partial charge in [0.1, 0.15) is 17.1 Å². The van der Waals surface area contributed by atoms with E-state index in [4.69, 9.17) is 13.9 Å². The van der Waals surface area contributed by atoms with Crippen molar-refractivity contribution in [2.45, 2.75) is 84.0 Å². The summed E-state index contributed by atoms with van der Waals surface area (Å²) in [5, 5.41) is 9.59. The molecule has 0 radical (unpaired) electrons. The molecule has 0 amide bonds. The SMILES string of the molecule is COc1cc([C@@H](O[Si](C)(C)C(C)(C)C)[C@@H](CCC(=O)O)CC2Cc3ccccc3C2)cc(OC)c1C(C)=O. The van der Waals surface area contributed by atoms with E-state index in [-0.39, 0.29) is 29.3 Å². The lowest BCUT2D eigenvalue weighted by Gasteiger charge is -2.42. The van der Waals surface area contributed by atoms with Crippen LogP contribution in [0.1, 0.15) is 80.1 Å². The number of fused-ring (bicyclic) bond motifs is 1. The third-order valence-electron chi connectivity index (χ3n) is 8.37. The second-order valence-corrected chi connectivity index (χ2v) is 16.9. The van der Waals surface area contributed by atoms with Crippen LogP contribution >= 0.6 is 0 Å². The molecule has 1 aliphatic rings. The Kier molecular flexibility index (Phi) is 9.47. The molecule has 2 atom stereocenters. The number of hydrogen-bond acceptors (Lipinski definition) is 5. The molecule has 0 aliphatic heterocycles. The molecule has 0 fully saturated rings. The third-order valence-corrected chi connectivity index (χ3v) is 12.8. The Morgan fingerprint density at radius 3 is 1.97 bits per heavy atom. The van der Waals surface area contributed by atoms with E-state index in [2.05, 4.69) is 58.1 Å². The quantitative estimate of drug-likeness (QED) is 0.225. The number of methoxy groups -OCH3 is 2. The summed E-state index contributed by atoms with van der Waals surface area (Å²) >= 11 is 0. The Labute approximate surface area is 228 Å². The minimum Gasteiger partial charge on any atom is -0.496 e. The van der Waals surface area contributed by atoms with Crippen molar-refractivity contribution in [2.75, 3.05) is 14.2 Å². The van der Waals surface area contributed by atoms with Gasteiger partial charge in [-0.1, -0.05) is 45.0 Å². The number of carboxylic acid groups (broad SMARTS) is 1. The van der Waals surface area contributed by atoms with Crippen LogP contribution in [0, 0.1) is 11.8 Å². The van der Waals surface area contributed by atoms with Gasteiger partial charge in [0.25, 0.3) is 0 Å². The molecule has 208 valence electrons. The van der Waals surface area contributed by atoms with Gasteiger partial charge in [0.2, 0.25) is 0 Å². The zero-order valence-corrected chi connectivity index (χ0v) is 25.2. The van der Waals surface area contributed by atoms with E-state index in [1.807, 2.05) is 12.1 Å². The van der Waals surface area contributed by atoms with E-state index < -0.39 is 14.3 Å². The summed E-state index contributed by atoms with van der Waals surface area (Å²) in [6.45, 7) is 12.6. The normalized spacial score (nSPS) is 15.6. The summed E-state index contributed by atoms with van der Waals surface area (Å²) in [5.41, 5.74) is 4.02. The monoisotopic (exact) mass is 540 g/mol. The Hall–Kier alpha value is -2.64. The zero-order valence-electron chi connectivity index (χ0n) is 24.2. The minimum absolute atomic E-state index is 0.0304. The average Bonchev–Trinajstić information content (AvgIpc) is 3.25. The number of rotatable bonds is 12. The molecule has 2 aromatic carbocycles. The molecule has 6 nitrogen and oxygen atoms in total. The van der Waals surface area contributed by atoms with Crippen LogP contribution in [0.3, 0.4) is 0 Å². The van der Waals surface area contributed by atoms with E-state index in [1.165, 1.54) is 18.1 Å². The van der Waals surface area contributed by atoms with E-state index in [1.54, 1.807) is 14.2 Å². The largest absolute Gasteiger partial charge is 0.496 e. The molecular formula is C31H44O6Si. The van der Waals surface area contributed by atoms with Gasteiger partial charge in [-0.15, -0.1) is 0 Å². The Morgan fingerprint density at radius 2 is 1.55 bits per heavy atom. The molecular weight excluding hydrogens is 496 g/mol. The second-order valence-electron chi connectivity index (χ2n) is 12.1. The van der Waals surface area contributed by atoms with Crippen molar-refractivity contribution in [3.8, 4) is 11.5 Å².